The van der Waals surface area contributed by atoms with E-state index in [2.05, 4.69) is 21.2 Å². The highest BCUT2D eigenvalue weighted by atomic mass is 79.9. The van der Waals surface area contributed by atoms with Crippen LogP contribution in [0.4, 0.5) is 5.00 Å². The second kappa shape index (κ2) is 7.70. The molecule has 1 aromatic heterocycles. The maximum absolute atomic E-state index is 12.5. The first-order chi connectivity index (χ1) is 12.0. The Labute approximate surface area is 159 Å². The third kappa shape index (κ3) is 3.65. The fourth-order valence-corrected chi connectivity index (χ4v) is 4.33. The molecule has 0 atom stereocenters. The number of benzene rings is 1. The van der Waals surface area contributed by atoms with Gasteiger partial charge in [0.15, 0.2) is 0 Å². The Bertz CT molecular complexity index is 794. The number of hydrogen-bond donors (Lipinski definition) is 1. The molecule has 1 aliphatic rings. The number of thiophene rings is 1. The Hall–Kier alpha value is -1.66. The van der Waals surface area contributed by atoms with Gasteiger partial charge in [0.1, 0.15) is 10.6 Å². The number of aryl methyl sites for hydroxylation is 1. The van der Waals surface area contributed by atoms with Crippen LogP contribution in [0.15, 0.2) is 28.7 Å². The number of halogens is 1. The van der Waals surface area contributed by atoms with Crippen LogP contribution in [0.5, 0.6) is 0 Å². The van der Waals surface area contributed by atoms with Gasteiger partial charge in [-0.1, -0.05) is 41.4 Å². The molecule has 0 spiro atoms. The van der Waals surface area contributed by atoms with Gasteiger partial charge >= 0.3 is 5.97 Å². The minimum absolute atomic E-state index is 0.00247. The van der Waals surface area contributed by atoms with Gasteiger partial charge in [0, 0.05) is 20.8 Å². The van der Waals surface area contributed by atoms with Crippen LogP contribution >= 0.6 is 27.3 Å². The van der Waals surface area contributed by atoms with Gasteiger partial charge < -0.3 is 10.1 Å². The van der Waals surface area contributed by atoms with Crippen molar-refractivity contribution in [2.24, 2.45) is 5.92 Å². The molecule has 1 amide bonds. The molecule has 1 N–H and O–H groups in total. The quantitative estimate of drug-likeness (QED) is 0.669. The van der Waals surface area contributed by atoms with E-state index in [1.807, 2.05) is 31.2 Å². The molecule has 2 aromatic rings. The number of esters is 1. The average Bonchev–Trinajstić information content (AvgIpc) is 2.91. The molecule has 1 saturated carbocycles. The van der Waals surface area contributed by atoms with E-state index < -0.39 is 5.97 Å². The Morgan fingerprint density at radius 2 is 1.96 bits per heavy atom. The lowest BCUT2D eigenvalue weighted by atomic mass is 9.85. The van der Waals surface area contributed by atoms with Gasteiger partial charge in [0.2, 0.25) is 5.91 Å². The minimum Gasteiger partial charge on any atom is -0.465 e. The monoisotopic (exact) mass is 421 g/mol. The van der Waals surface area contributed by atoms with Crippen LogP contribution in [-0.4, -0.2) is 19.0 Å². The maximum atomic E-state index is 12.5. The maximum Gasteiger partial charge on any atom is 0.341 e. The average molecular weight is 422 g/mol. The smallest absolute Gasteiger partial charge is 0.341 e. The normalized spacial score (nSPS) is 14.0. The molecule has 3 rings (SSSR count). The molecular formula is C19H20BrNO3S. The Balaban J connectivity index is 2.07. The molecule has 0 bridgehead atoms. The fourth-order valence-electron chi connectivity index (χ4n) is 2.92. The summed E-state index contributed by atoms with van der Waals surface area (Å²) in [5, 5.41) is 3.57. The van der Waals surface area contributed by atoms with Crippen LogP contribution in [0.3, 0.4) is 0 Å². The van der Waals surface area contributed by atoms with Gasteiger partial charge in [-0.05, 0) is 37.0 Å². The number of ether oxygens (including phenoxy) is 1. The summed E-state index contributed by atoms with van der Waals surface area (Å²) in [4.78, 5) is 25.9. The topological polar surface area (TPSA) is 55.4 Å². The molecule has 6 heteroatoms. The zero-order valence-corrected chi connectivity index (χ0v) is 16.6. The molecule has 0 radical (unpaired) electrons. The van der Waals surface area contributed by atoms with Gasteiger partial charge in [0.05, 0.1) is 7.11 Å². The lowest BCUT2D eigenvalue weighted by Crippen LogP contribution is -2.28. The van der Waals surface area contributed by atoms with Crippen molar-refractivity contribution in [2.75, 3.05) is 12.4 Å². The summed E-state index contributed by atoms with van der Waals surface area (Å²) < 4.78 is 5.98. The van der Waals surface area contributed by atoms with E-state index >= 15 is 0 Å². The Morgan fingerprint density at radius 1 is 1.28 bits per heavy atom. The highest BCUT2D eigenvalue weighted by Gasteiger charge is 2.30. The molecule has 0 unspecified atom stereocenters. The first-order valence-electron chi connectivity index (χ1n) is 8.36. The van der Waals surface area contributed by atoms with E-state index in [1.165, 1.54) is 18.4 Å². The summed E-state index contributed by atoms with van der Waals surface area (Å²) in [6.07, 6.45) is 3.71. The van der Waals surface area contributed by atoms with E-state index in [0.29, 0.717) is 10.6 Å². The van der Waals surface area contributed by atoms with Crippen LogP contribution in [0.1, 0.15) is 41.4 Å². The standard InChI is InChI=1S/C19H20BrNO3S/c1-3-14-15(11-7-9-13(20)10-8-11)16(19(23)24-2)18(25-14)21-17(22)12-5-4-6-12/h7-10,12H,3-6H2,1-2H3,(H,21,22). The van der Waals surface area contributed by atoms with Crippen LogP contribution in [-0.2, 0) is 16.0 Å². The van der Waals surface area contributed by atoms with Crippen molar-refractivity contribution in [3.63, 3.8) is 0 Å². The number of rotatable bonds is 5. The molecular weight excluding hydrogens is 402 g/mol. The van der Waals surface area contributed by atoms with E-state index in [-0.39, 0.29) is 11.8 Å². The van der Waals surface area contributed by atoms with Crippen molar-refractivity contribution in [3.8, 4) is 11.1 Å². The molecule has 0 saturated heterocycles. The SMILES string of the molecule is CCc1sc(NC(=O)C2CCC2)c(C(=O)OC)c1-c1ccc(Br)cc1. The first-order valence-corrected chi connectivity index (χ1v) is 9.96. The molecule has 1 aromatic carbocycles. The number of carbonyl (C=O) groups is 2. The highest BCUT2D eigenvalue weighted by Crippen LogP contribution is 2.42. The summed E-state index contributed by atoms with van der Waals surface area (Å²) in [7, 11) is 1.37. The number of anilines is 1. The molecule has 132 valence electrons. The summed E-state index contributed by atoms with van der Waals surface area (Å²) in [6.45, 7) is 2.05. The van der Waals surface area contributed by atoms with Gasteiger partial charge in [-0.3, -0.25) is 4.79 Å². The largest absolute Gasteiger partial charge is 0.465 e. The summed E-state index contributed by atoms with van der Waals surface area (Å²) in [5.41, 5.74) is 2.26. The van der Waals surface area contributed by atoms with E-state index in [0.717, 1.165) is 46.2 Å². The van der Waals surface area contributed by atoms with Crippen molar-refractivity contribution in [1.82, 2.24) is 0 Å². The van der Waals surface area contributed by atoms with Crippen LogP contribution in [0.25, 0.3) is 11.1 Å². The van der Waals surface area contributed by atoms with Gasteiger partial charge in [-0.2, -0.15) is 0 Å². The van der Waals surface area contributed by atoms with E-state index in [4.69, 9.17) is 4.74 Å². The number of nitrogens with one attached hydrogen (secondary N) is 1. The van der Waals surface area contributed by atoms with Crippen LogP contribution in [0.2, 0.25) is 0 Å². The zero-order valence-electron chi connectivity index (χ0n) is 14.2. The summed E-state index contributed by atoms with van der Waals surface area (Å²) >= 11 is 4.90. The number of hydrogen-bond acceptors (Lipinski definition) is 4. The van der Waals surface area contributed by atoms with Crippen molar-refractivity contribution < 1.29 is 14.3 Å². The van der Waals surface area contributed by atoms with Gasteiger partial charge in [0.25, 0.3) is 0 Å². The second-order valence-electron chi connectivity index (χ2n) is 6.07. The lowest BCUT2D eigenvalue weighted by Gasteiger charge is -2.23. The minimum atomic E-state index is -0.419. The predicted octanol–water partition coefficient (Wildman–Crippen LogP) is 5.27. The van der Waals surface area contributed by atoms with E-state index in [9.17, 15) is 9.59 Å². The summed E-state index contributed by atoms with van der Waals surface area (Å²) in [6, 6.07) is 7.82. The van der Waals surface area contributed by atoms with Crippen molar-refractivity contribution in [1.29, 1.82) is 0 Å². The third-order valence-electron chi connectivity index (χ3n) is 4.54. The number of methoxy groups -OCH3 is 1. The lowest BCUT2D eigenvalue weighted by molar-refractivity contribution is -0.122. The molecule has 1 fully saturated rings. The molecule has 25 heavy (non-hydrogen) atoms. The van der Waals surface area contributed by atoms with Crippen molar-refractivity contribution in [2.45, 2.75) is 32.6 Å². The van der Waals surface area contributed by atoms with E-state index in [1.54, 1.807) is 0 Å². The number of amides is 1. The Morgan fingerprint density at radius 3 is 2.48 bits per heavy atom. The Kier molecular flexibility index (Phi) is 5.59. The van der Waals surface area contributed by atoms with Crippen molar-refractivity contribution in [3.05, 3.63) is 39.2 Å². The highest BCUT2D eigenvalue weighted by molar-refractivity contribution is 9.10. The second-order valence-corrected chi connectivity index (χ2v) is 8.09. The molecule has 4 nitrogen and oxygen atoms in total. The third-order valence-corrected chi connectivity index (χ3v) is 6.32. The van der Waals surface area contributed by atoms with Gasteiger partial charge in [-0.25, -0.2) is 4.79 Å². The van der Waals surface area contributed by atoms with Crippen molar-refractivity contribution >= 4 is 44.1 Å². The van der Waals surface area contributed by atoms with Crippen LogP contribution < -0.4 is 5.32 Å². The zero-order chi connectivity index (χ0) is 18.0. The first kappa shape index (κ1) is 18.1. The van der Waals surface area contributed by atoms with Crippen LogP contribution in [0, 0.1) is 5.92 Å². The molecule has 0 aliphatic heterocycles. The molecule has 1 heterocycles. The fraction of sp³-hybridized carbons (Fsp3) is 0.368. The predicted molar refractivity (Wildman–Crippen MR) is 104 cm³/mol. The molecule has 1 aliphatic carbocycles. The van der Waals surface area contributed by atoms with Gasteiger partial charge in [-0.15, -0.1) is 11.3 Å². The number of carbonyl (C=O) groups excluding carboxylic acids is 2. The summed E-state index contributed by atoms with van der Waals surface area (Å²) in [5.74, 6) is -0.353.